The number of ether oxygens (including phenoxy) is 1. The van der Waals surface area contributed by atoms with Crippen molar-refractivity contribution in [2.75, 3.05) is 18.5 Å². The van der Waals surface area contributed by atoms with E-state index in [2.05, 4.69) is 5.32 Å². The molecule has 1 rings (SSSR count). The summed E-state index contributed by atoms with van der Waals surface area (Å²) in [6, 6.07) is 3.32. The van der Waals surface area contributed by atoms with Crippen molar-refractivity contribution < 1.29 is 22.7 Å². The highest BCUT2D eigenvalue weighted by atomic mass is 35.5. The van der Waals surface area contributed by atoms with E-state index in [4.69, 9.17) is 10.5 Å². The van der Waals surface area contributed by atoms with Gasteiger partial charge >= 0.3 is 6.18 Å². The van der Waals surface area contributed by atoms with Crippen molar-refractivity contribution in [1.82, 2.24) is 0 Å². The van der Waals surface area contributed by atoms with Crippen LogP contribution in [0.5, 0.6) is 0 Å². The van der Waals surface area contributed by atoms with Gasteiger partial charge in [0.15, 0.2) is 0 Å². The first kappa shape index (κ1) is 20.7. The Labute approximate surface area is 133 Å². The molecule has 0 atom stereocenters. The molecule has 0 unspecified atom stereocenters. The lowest BCUT2D eigenvalue weighted by Crippen LogP contribution is -2.14. The Morgan fingerprint density at radius 2 is 2.00 bits per heavy atom. The minimum atomic E-state index is -4.47. The number of nitrogens with one attached hydrogen (secondary N) is 1. The molecule has 0 saturated heterocycles. The zero-order valence-electron chi connectivity index (χ0n) is 12.2. The number of nitrogens with two attached hydrogens (primary N) is 1. The van der Waals surface area contributed by atoms with E-state index >= 15 is 0 Å². The van der Waals surface area contributed by atoms with Gasteiger partial charge in [-0.3, -0.25) is 4.79 Å². The fraction of sp³-hybridized carbons (Fsp3) is 0.500. The van der Waals surface area contributed by atoms with Crippen LogP contribution in [0.2, 0.25) is 0 Å². The van der Waals surface area contributed by atoms with Crippen LogP contribution in [0.3, 0.4) is 0 Å². The molecule has 8 heteroatoms. The summed E-state index contributed by atoms with van der Waals surface area (Å²) in [5.74, 6) is -0.350. The summed E-state index contributed by atoms with van der Waals surface area (Å²) >= 11 is 0. The monoisotopic (exact) mass is 340 g/mol. The van der Waals surface area contributed by atoms with E-state index in [9.17, 15) is 18.0 Å². The molecule has 0 bridgehead atoms. The van der Waals surface area contributed by atoms with Gasteiger partial charge in [0.05, 0.1) is 5.56 Å². The van der Waals surface area contributed by atoms with E-state index in [0.717, 1.165) is 12.1 Å². The smallest absolute Gasteiger partial charge is 0.382 e. The first-order chi connectivity index (χ1) is 9.86. The summed E-state index contributed by atoms with van der Waals surface area (Å²) in [4.78, 5) is 11.7. The molecular weight excluding hydrogens is 321 g/mol. The maximum atomic E-state index is 12.7. The first-order valence-electron chi connectivity index (χ1n) is 6.65. The zero-order valence-corrected chi connectivity index (χ0v) is 13.0. The fourth-order valence-corrected chi connectivity index (χ4v) is 1.75. The van der Waals surface area contributed by atoms with Crippen LogP contribution in [0, 0.1) is 0 Å². The Morgan fingerprint density at radius 1 is 1.32 bits per heavy atom. The fourth-order valence-electron chi connectivity index (χ4n) is 1.75. The number of carbonyl (C=O) groups is 1. The largest absolute Gasteiger partial charge is 0.416 e. The number of amides is 1. The summed E-state index contributed by atoms with van der Waals surface area (Å²) in [6.07, 6.45) is -3.77. The molecule has 0 aliphatic heterocycles. The number of rotatable bonds is 7. The molecule has 0 saturated carbocycles. The lowest BCUT2D eigenvalue weighted by atomic mass is 10.1. The van der Waals surface area contributed by atoms with E-state index in [1.165, 1.54) is 6.07 Å². The van der Waals surface area contributed by atoms with Gasteiger partial charge in [0.2, 0.25) is 5.91 Å². The first-order valence-corrected chi connectivity index (χ1v) is 6.65. The van der Waals surface area contributed by atoms with Crippen LogP contribution in [0.25, 0.3) is 0 Å². The number of hydrogen-bond donors (Lipinski definition) is 2. The summed E-state index contributed by atoms with van der Waals surface area (Å²) < 4.78 is 43.3. The second kappa shape index (κ2) is 9.66. The Kier molecular flexibility index (Phi) is 9.08. The van der Waals surface area contributed by atoms with Crippen molar-refractivity contribution in [3.8, 4) is 0 Å². The Morgan fingerprint density at radius 3 is 2.55 bits per heavy atom. The minimum Gasteiger partial charge on any atom is -0.382 e. The van der Waals surface area contributed by atoms with E-state index in [0.29, 0.717) is 25.2 Å². The number of alkyl halides is 3. The molecule has 0 radical (unpaired) electrons. The third-order valence-electron chi connectivity index (χ3n) is 2.74. The molecule has 0 heterocycles. The number of halogens is 4. The van der Waals surface area contributed by atoms with E-state index < -0.39 is 11.7 Å². The van der Waals surface area contributed by atoms with Crippen molar-refractivity contribution in [2.45, 2.75) is 32.5 Å². The normalized spacial score (nSPS) is 11.0. The SMILES string of the molecule is CCOCCCC(=O)Nc1cc(CN)cc(C(F)(F)F)c1.Cl. The average molecular weight is 341 g/mol. The third-order valence-corrected chi connectivity index (χ3v) is 2.74. The number of benzene rings is 1. The average Bonchev–Trinajstić information content (AvgIpc) is 2.42. The molecule has 1 aromatic rings. The van der Waals surface area contributed by atoms with Gasteiger partial charge in [0, 0.05) is 31.9 Å². The van der Waals surface area contributed by atoms with Crippen LogP contribution in [-0.2, 0) is 22.3 Å². The number of carbonyl (C=O) groups excluding carboxylic acids is 1. The molecular formula is C14H20ClF3N2O2. The molecule has 4 nitrogen and oxygen atoms in total. The maximum absolute atomic E-state index is 12.7. The predicted octanol–water partition coefficient (Wildman–Crippen LogP) is 3.34. The summed E-state index contributed by atoms with van der Waals surface area (Å²) in [5.41, 5.74) is 4.97. The Balaban J connectivity index is 0.00000441. The van der Waals surface area contributed by atoms with Gasteiger partial charge in [0.25, 0.3) is 0 Å². The topological polar surface area (TPSA) is 64.3 Å². The number of hydrogen-bond acceptors (Lipinski definition) is 3. The van der Waals surface area contributed by atoms with Gasteiger partial charge in [-0.25, -0.2) is 0 Å². The lowest BCUT2D eigenvalue weighted by Gasteiger charge is -2.12. The van der Waals surface area contributed by atoms with Crippen molar-refractivity contribution in [3.63, 3.8) is 0 Å². The molecule has 0 fully saturated rings. The van der Waals surface area contributed by atoms with Crippen molar-refractivity contribution in [1.29, 1.82) is 0 Å². The highest BCUT2D eigenvalue weighted by Crippen LogP contribution is 2.32. The predicted molar refractivity (Wildman–Crippen MR) is 80.9 cm³/mol. The third kappa shape index (κ3) is 7.11. The van der Waals surface area contributed by atoms with Gasteiger partial charge in [-0.2, -0.15) is 13.2 Å². The van der Waals surface area contributed by atoms with E-state index in [1.54, 1.807) is 0 Å². The molecule has 0 aromatic heterocycles. The van der Waals surface area contributed by atoms with Crippen molar-refractivity contribution in [2.24, 2.45) is 5.73 Å². The maximum Gasteiger partial charge on any atom is 0.416 e. The van der Waals surface area contributed by atoms with Crippen LogP contribution in [-0.4, -0.2) is 19.1 Å². The molecule has 1 amide bonds. The van der Waals surface area contributed by atoms with Gasteiger partial charge in [-0.05, 0) is 37.1 Å². The molecule has 3 N–H and O–H groups in total. The van der Waals surface area contributed by atoms with Crippen LogP contribution in [0.1, 0.15) is 30.9 Å². The molecule has 126 valence electrons. The zero-order chi connectivity index (χ0) is 15.9. The Hall–Kier alpha value is -1.31. The van der Waals surface area contributed by atoms with Gasteiger partial charge < -0.3 is 15.8 Å². The van der Waals surface area contributed by atoms with Crippen LogP contribution in [0.15, 0.2) is 18.2 Å². The molecule has 0 aliphatic carbocycles. The quantitative estimate of drug-likeness (QED) is 0.748. The second-order valence-corrected chi connectivity index (χ2v) is 4.47. The lowest BCUT2D eigenvalue weighted by molar-refractivity contribution is -0.137. The van der Waals surface area contributed by atoms with Gasteiger partial charge in [-0.1, -0.05) is 0 Å². The van der Waals surface area contributed by atoms with Crippen LogP contribution < -0.4 is 11.1 Å². The van der Waals surface area contributed by atoms with E-state index in [1.807, 2.05) is 6.92 Å². The second-order valence-electron chi connectivity index (χ2n) is 4.47. The van der Waals surface area contributed by atoms with Gasteiger partial charge in [-0.15, -0.1) is 12.4 Å². The molecule has 22 heavy (non-hydrogen) atoms. The summed E-state index contributed by atoms with van der Waals surface area (Å²) in [7, 11) is 0. The highest BCUT2D eigenvalue weighted by Gasteiger charge is 2.31. The minimum absolute atomic E-state index is 0. The molecule has 0 spiro atoms. The van der Waals surface area contributed by atoms with Crippen molar-refractivity contribution >= 4 is 24.0 Å². The molecule has 1 aromatic carbocycles. The molecule has 0 aliphatic rings. The van der Waals surface area contributed by atoms with Gasteiger partial charge in [0.1, 0.15) is 0 Å². The summed E-state index contributed by atoms with van der Waals surface area (Å²) in [5, 5.41) is 2.46. The Bertz CT molecular complexity index is 482. The standard InChI is InChI=1S/C14H19F3N2O2.ClH/c1-2-21-5-3-4-13(20)19-12-7-10(9-18)6-11(8-12)14(15,16)17;/h6-8H,2-5,9,18H2,1H3,(H,19,20);1H. The van der Waals surface area contributed by atoms with Crippen LogP contribution in [0.4, 0.5) is 18.9 Å². The van der Waals surface area contributed by atoms with Crippen molar-refractivity contribution in [3.05, 3.63) is 29.3 Å². The summed E-state index contributed by atoms with van der Waals surface area (Å²) in [6.45, 7) is 2.82. The highest BCUT2D eigenvalue weighted by molar-refractivity contribution is 5.90. The number of anilines is 1. The van der Waals surface area contributed by atoms with Crippen LogP contribution >= 0.6 is 12.4 Å². The van der Waals surface area contributed by atoms with E-state index in [-0.39, 0.29) is 37.0 Å².